The molecule has 0 heterocycles. The lowest BCUT2D eigenvalue weighted by molar-refractivity contribution is 0.159. The van der Waals surface area contributed by atoms with Gasteiger partial charge in [-0.3, -0.25) is 0 Å². The second kappa shape index (κ2) is 5.58. The Labute approximate surface area is 77.2 Å². The predicted octanol–water partition coefficient (Wildman–Crippen LogP) is 3.22. The highest BCUT2D eigenvalue weighted by atomic mass is 16.3. The molecule has 0 aromatic rings. The van der Waals surface area contributed by atoms with Crippen LogP contribution in [0.2, 0.25) is 0 Å². The lowest BCUT2D eigenvalue weighted by atomic mass is 9.79. The van der Waals surface area contributed by atoms with Crippen LogP contribution in [0.1, 0.15) is 53.4 Å². The Hall–Kier alpha value is -0.0400. The maximum atomic E-state index is 9.12. The van der Waals surface area contributed by atoms with E-state index in [-0.39, 0.29) is 0 Å². The minimum absolute atomic E-state index is 0.358. The monoisotopic (exact) mass is 172 g/mol. The average Bonchev–Trinajstić information content (AvgIpc) is 2.03. The number of aliphatic hydroxyl groups is 1. The molecule has 12 heavy (non-hydrogen) atoms. The number of rotatable bonds is 6. The Morgan fingerprint density at radius 2 is 1.83 bits per heavy atom. The van der Waals surface area contributed by atoms with Crippen LogP contribution in [0.4, 0.5) is 0 Å². The minimum atomic E-state index is 0.358. The van der Waals surface area contributed by atoms with E-state index in [2.05, 4.69) is 27.7 Å². The molecule has 0 aliphatic heterocycles. The molecule has 0 aliphatic carbocycles. The van der Waals surface area contributed by atoms with Crippen LogP contribution in [0, 0.1) is 11.3 Å². The summed E-state index contributed by atoms with van der Waals surface area (Å²) >= 11 is 0. The minimum Gasteiger partial charge on any atom is -0.396 e. The van der Waals surface area contributed by atoms with E-state index in [4.69, 9.17) is 5.11 Å². The van der Waals surface area contributed by atoms with Crippen molar-refractivity contribution in [2.24, 2.45) is 11.3 Å². The third kappa shape index (κ3) is 4.76. The predicted molar refractivity (Wildman–Crippen MR) is 54.2 cm³/mol. The smallest absolute Gasteiger partial charge is 0.0459 e. The maximum absolute atomic E-state index is 9.12. The van der Waals surface area contributed by atoms with E-state index >= 15 is 0 Å². The van der Waals surface area contributed by atoms with Crippen LogP contribution in [0.25, 0.3) is 0 Å². The second-order valence-corrected chi connectivity index (χ2v) is 4.56. The van der Waals surface area contributed by atoms with Gasteiger partial charge >= 0.3 is 0 Å². The number of hydrogen-bond acceptors (Lipinski definition) is 1. The zero-order valence-corrected chi connectivity index (χ0v) is 9.06. The topological polar surface area (TPSA) is 20.2 Å². The molecule has 1 nitrogen and oxygen atoms in total. The summed E-state index contributed by atoms with van der Waals surface area (Å²) in [6.07, 6.45) is 4.71. The summed E-state index contributed by atoms with van der Waals surface area (Å²) in [6, 6.07) is 0. The van der Waals surface area contributed by atoms with Crippen LogP contribution in [0.3, 0.4) is 0 Å². The zero-order valence-electron chi connectivity index (χ0n) is 9.06. The Balaban J connectivity index is 3.83. The van der Waals surface area contributed by atoms with Gasteiger partial charge in [0.2, 0.25) is 0 Å². The first kappa shape index (κ1) is 12.0. The lowest BCUT2D eigenvalue weighted by Crippen LogP contribution is -2.18. The first-order valence-corrected chi connectivity index (χ1v) is 5.16. The molecule has 0 spiro atoms. The molecule has 0 aromatic carbocycles. The summed E-state index contributed by atoms with van der Waals surface area (Å²) in [4.78, 5) is 0. The number of aliphatic hydroxyl groups excluding tert-OH is 1. The summed E-state index contributed by atoms with van der Waals surface area (Å²) < 4.78 is 0. The van der Waals surface area contributed by atoms with Crippen molar-refractivity contribution in [3.05, 3.63) is 0 Å². The third-order valence-electron chi connectivity index (χ3n) is 2.75. The van der Waals surface area contributed by atoms with Gasteiger partial charge in [0.05, 0.1) is 0 Å². The fourth-order valence-corrected chi connectivity index (χ4v) is 1.59. The molecule has 0 rings (SSSR count). The van der Waals surface area contributed by atoms with E-state index < -0.39 is 0 Å². The summed E-state index contributed by atoms with van der Waals surface area (Å²) in [7, 11) is 0. The first-order valence-electron chi connectivity index (χ1n) is 5.16. The van der Waals surface area contributed by atoms with E-state index in [0.717, 1.165) is 6.42 Å². The van der Waals surface area contributed by atoms with Gasteiger partial charge in [-0.05, 0) is 24.2 Å². The van der Waals surface area contributed by atoms with Crippen molar-refractivity contribution in [2.75, 3.05) is 6.61 Å². The summed E-state index contributed by atoms with van der Waals surface area (Å²) in [5, 5.41) is 9.12. The van der Waals surface area contributed by atoms with E-state index in [9.17, 15) is 0 Å². The first-order chi connectivity index (χ1) is 5.55. The van der Waals surface area contributed by atoms with E-state index in [1.165, 1.54) is 19.3 Å². The Morgan fingerprint density at radius 3 is 2.17 bits per heavy atom. The van der Waals surface area contributed by atoms with Crippen LogP contribution >= 0.6 is 0 Å². The molecular formula is C11H24O. The standard InChI is InChI=1S/C11H24O/c1-5-7-10(9-12)8-11(3,4)6-2/h10,12H,5-9H2,1-4H3. The van der Waals surface area contributed by atoms with Gasteiger partial charge in [-0.15, -0.1) is 0 Å². The van der Waals surface area contributed by atoms with Crippen molar-refractivity contribution in [1.82, 2.24) is 0 Å². The molecule has 74 valence electrons. The second-order valence-electron chi connectivity index (χ2n) is 4.56. The van der Waals surface area contributed by atoms with Crippen molar-refractivity contribution in [2.45, 2.75) is 53.4 Å². The van der Waals surface area contributed by atoms with Gasteiger partial charge in [0.15, 0.2) is 0 Å². The van der Waals surface area contributed by atoms with Crippen LogP contribution in [-0.4, -0.2) is 11.7 Å². The normalized spacial score (nSPS) is 14.8. The highest BCUT2D eigenvalue weighted by molar-refractivity contribution is 4.71. The molecule has 0 amide bonds. The molecular weight excluding hydrogens is 148 g/mol. The molecule has 0 bridgehead atoms. The van der Waals surface area contributed by atoms with Crippen LogP contribution in [0.15, 0.2) is 0 Å². The van der Waals surface area contributed by atoms with Crippen molar-refractivity contribution in [3.63, 3.8) is 0 Å². The molecule has 0 fully saturated rings. The van der Waals surface area contributed by atoms with Crippen molar-refractivity contribution < 1.29 is 5.11 Å². The Bertz CT molecular complexity index is 108. The molecule has 1 unspecified atom stereocenters. The fraction of sp³-hybridized carbons (Fsp3) is 1.00. The van der Waals surface area contributed by atoms with E-state index in [0.29, 0.717) is 17.9 Å². The van der Waals surface area contributed by atoms with Gasteiger partial charge in [-0.1, -0.05) is 40.5 Å². The van der Waals surface area contributed by atoms with E-state index in [1.54, 1.807) is 0 Å². The third-order valence-corrected chi connectivity index (χ3v) is 2.75. The van der Waals surface area contributed by atoms with Gasteiger partial charge in [0.1, 0.15) is 0 Å². The molecule has 0 radical (unpaired) electrons. The van der Waals surface area contributed by atoms with Crippen molar-refractivity contribution in [3.8, 4) is 0 Å². The molecule has 0 saturated carbocycles. The SMILES string of the molecule is CCCC(CO)CC(C)(C)CC. The highest BCUT2D eigenvalue weighted by Crippen LogP contribution is 2.30. The van der Waals surface area contributed by atoms with Gasteiger partial charge in [0.25, 0.3) is 0 Å². The summed E-state index contributed by atoms with van der Waals surface area (Å²) in [5.74, 6) is 0.518. The highest BCUT2D eigenvalue weighted by Gasteiger charge is 2.20. The molecule has 1 atom stereocenters. The van der Waals surface area contributed by atoms with Crippen molar-refractivity contribution in [1.29, 1.82) is 0 Å². The van der Waals surface area contributed by atoms with Gasteiger partial charge in [-0.2, -0.15) is 0 Å². The molecule has 0 saturated heterocycles. The molecule has 1 heteroatoms. The quantitative estimate of drug-likeness (QED) is 0.652. The van der Waals surface area contributed by atoms with Gasteiger partial charge < -0.3 is 5.11 Å². The van der Waals surface area contributed by atoms with Gasteiger partial charge in [-0.25, -0.2) is 0 Å². The van der Waals surface area contributed by atoms with Crippen molar-refractivity contribution >= 4 is 0 Å². The van der Waals surface area contributed by atoms with E-state index in [1.807, 2.05) is 0 Å². The lowest BCUT2D eigenvalue weighted by Gasteiger charge is -2.27. The Morgan fingerprint density at radius 1 is 1.25 bits per heavy atom. The average molecular weight is 172 g/mol. The fourth-order valence-electron chi connectivity index (χ4n) is 1.59. The molecule has 1 N–H and O–H groups in total. The van der Waals surface area contributed by atoms with Crippen LogP contribution in [-0.2, 0) is 0 Å². The largest absolute Gasteiger partial charge is 0.396 e. The summed E-state index contributed by atoms with van der Waals surface area (Å²) in [5.41, 5.74) is 0.405. The van der Waals surface area contributed by atoms with Crippen LogP contribution in [0.5, 0.6) is 0 Å². The zero-order chi connectivity index (χ0) is 9.61. The van der Waals surface area contributed by atoms with Gasteiger partial charge in [0, 0.05) is 6.61 Å². The molecule has 0 aliphatic rings. The Kier molecular flexibility index (Phi) is 5.56. The molecule has 0 aromatic heterocycles. The van der Waals surface area contributed by atoms with Crippen LogP contribution < -0.4 is 0 Å². The summed E-state index contributed by atoms with van der Waals surface area (Å²) in [6.45, 7) is 9.33. The maximum Gasteiger partial charge on any atom is 0.0459 e. The number of hydrogen-bond donors (Lipinski definition) is 1.